The lowest BCUT2D eigenvalue weighted by Gasteiger charge is -1.99. The molecular weight excluding hydrogens is 226 g/mol. The maximum Gasteiger partial charge on any atom is 0.313 e. The lowest BCUT2D eigenvalue weighted by Crippen LogP contribution is -2.13. The third-order valence-corrected chi connectivity index (χ3v) is 2.97. The standard InChI is InChI=1S/C11H15NO3S/c1-3-10-12-8(7-16-10)5-9(13)6-11(14)15-4-2/h7H,3-6H2,1-2H3. The Morgan fingerprint density at radius 3 is 2.75 bits per heavy atom. The molecule has 0 radical (unpaired) electrons. The SMILES string of the molecule is CCOC(=O)CC(=O)Cc1csc(CC)n1. The van der Waals surface area contributed by atoms with Crippen molar-refractivity contribution in [1.29, 1.82) is 0 Å². The molecule has 0 unspecified atom stereocenters. The Morgan fingerprint density at radius 1 is 1.44 bits per heavy atom. The smallest absolute Gasteiger partial charge is 0.313 e. The molecule has 1 aromatic heterocycles. The molecule has 16 heavy (non-hydrogen) atoms. The van der Waals surface area contributed by atoms with Crippen molar-refractivity contribution in [2.75, 3.05) is 6.61 Å². The molecule has 1 aromatic rings. The summed E-state index contributed by atoms with van der Waals surface area (Å²) in [5, 5.41) is 2.88. The number of hydrogen-bond donors (Lipinski definition) is 0. The van der Waals surface area contributed by atoms with Crippen molar-refractivity contribution >= 4 is 23.1 Å². The maximum atomic E-state index is 11.5. The van der Waals surface area contributed by atoms with Crippen molar-refractivity contribution in [1.82, 2.24) is 4.98 Å². The molecule has 0 atom stereocenters. The summed E-state index contributed by atoms with van der Waals surface area (Å²) in [6.45, 7) is 4.04. The highest BCUT2D eigenvalue weighted by Crippen LogP contribution is 2.11. The molecule has 0 aromatic carbocycles. The Hall–Kier alpha value is -1.23. The zero-order valence-corrected chi connectivity index (χ0v) is 10.3. The lowest BCUT2D eigenvalue weighted by atomic mass is 10.2. The van der Waals surface area contributed by atoms with Crippen LogP contribution in [0.2, 0.25) is 0 Å². The number of ketones is 1. The number of hydrogen-bond acceptors (Lipinski definition) is 5. The van der Waals surface area contributed by atoms with E-state index in [0.717, 1.165) is 17.1 Å². The third-order valence-electron chi connectivity index (χ3n) is 1.93. The van der Waals surface area contributed by atoms with Gasteiger partial charge in [0.1, 0.15) is 12.2 Å². The minimum absolute atomic E-state index is 0.147. The van der Waals surface area contributed by atoms with Crippen molar-refractivity contribution in [3.8, 4) is 0 Å². The second kappa shape index (κ2) is 6.37. The number of aryl methyl sites for hydroxylation is 1. The van der Waals surface area contributed by atoms with Crippen LogP contribution in [0.5, 0.6) is 0 Å². The first-order valence-corrected chi connectivity index (χ1v) is 6.14. The van der Waals surface area contributed by atoms with E-state index < -0.39 is 5.97 Å². The second-order valence-electron chi connectivity index (χ2n) is 3.28. The van der Waals surface area contributed by atoms with Crippen LogP contribution in [0.25, 0.3) is 0 Å². The largest absolute Gasteiger partial charge is 0.466 e. The van der Waals surface area contributed by atoms with E-state index in [2.05, 4.69) is 4.98 Å². The van der Waals surface area contributed by atoms with Crippen molar-refractivity contribution < 1.29 is 14.3 Å². The van der Waals surface area contributed by atoms with E-state index in [1.54, 1.807) is 18.3 Å². The van der Waals surface area contributed by atoms with Crippen LogP contribution in [0.4, 0.5) is 0 Å². The van der Waals surface area contributed by atoms with Gasteiger partial charge in [0.2, 0.25) is 0 Å². The second-order valence-corrected chi connectivity index (χ2v) is 4.23. The highest BCUT2D eigenvalue weighted by molar-refractivity contribution is 7.09. The van der Waals surface area contributed by atoms with Gasteiger partial charge in [-0.1, -0.05) is 6.92 Å². The Bertz CT molecular complexity index is 373. The van der Waals surface area contributed by atoms with Gasteiger partial charge in [0.05, 0.1) is 23.7 Å². The number of thiazole rings is 1. The number of rotatable bonds is 6. The maximum absolute atomic E-state index is 11.5. The van der Waals surface area contributed by atoms with E-state index in [9.17, 15) is 9.59 Å². The first-order valence-electron chi connectivity index (χ1n) is 5.26. The van der Waals surface area contributed by atoms with Gasteiger partial charge in [-0.25, -0.2) is 4.98 Å². The van der Waals surface area contributed by atoms with E-state index in [0.29, 0.717) is 6.61 Å². The van der Waals surface area contributed by atoms with Gasteiger partial charge in [-0.2, -0.15) is 0 Å². The molecule has 0 saturated heterocycles. The highest BCUT2D eigenvalue weighted by atomic mass is 32.1. The number of ether oxygens (including phenoxy) is 1. The van der Waals surface area contributed by atoms with Crippen LogP contribution in [0, 0.1) is 0 Å². The van der Waals surface area contributed by atoms with Crippen LogP contribution < -0.4 is 0 Å². The predicted molar refractivity (Wildman–Crippen MR) is 61.5 cm³/mol. The summed E-state index contributed by atoms with van der Waals surface area (Å²) in [5.41, 5.74) is 0.746. The zero-order chi connectivity index (χ0) is 12.0. The quantitative estimate of drug-likeness (QED) is 0.562. The van der Waals surface area contributed by atoms with Crippen molar-refractivity contribution in [3.05, 3.63) is 16.1 Å². The summed E-state index contributed by atoms with van der Waals surface area (Å²) in [6, 6.07) is 0. The van der Waals surface area contributed by atoms with Crippen molar-refractivity contribution in [2.24, 2.45) is 0 Å². The first kappa shape index (κ1) is 12.8. The van der Waals surface area contributed by atoms with Gasteiger partial charge in [-0.05, 0) is 13.3 Å². The van der Waals surface area contributed by atoms with Crippen molar-refractivity contribution in [2.45, 2.75) is 33.1 Å². The summed E-state index contributed by atoms with van der Waals surface area (Å²) in [6.07, 6.45) is 0.929. The van der Waals surface area contributed by atoms with E-state index in [-0.39, 0.29) is 18.6 Å². The van der Waals surface area contributed by atoms with Crippen LogP contribution in [0.1, 0.15) is 31.0 Å². The molecule has 88 valence electrons. The molecule has 1 rings (SSSR count). The van der Waals surface area contributed by atoms with Gasteiger partial charge in [0.25, 0.3) is 0 Å². The summed E-state index contributed by atoms with van der Waals surface area (Å²) in [7, 11) is 0. The molecule has 0 spiro atoms. The van der Waals surface area contributed by atoms with Gasteiger partial charge in [-0.3, -0.25) is 9.59 Å². The fraction of sp³-hybridized carbons (Fsp3) is 0.545. The Labute approximate surface area is 98.6 Å². The minimum atomic E-state index is -0.460. The average molecular weight is 241 g/mol. The van der Waals surface area contributed by atoms with Gasteiger partial charge < -0.3 is 4.74 Å². The summed E-state index contributed by atoms with van der Waals surface area (Å²) < 4.78 is 4.70. The topological polar surface area (TPSA) is 56.3 Å². The van der Waals surface area contributed by atoms with Crippen LogP contribution >= 0.6 is 11.3 Å². The van der Waals surface area contributed by atoms with Crippen LogP contribution in [0.15, 0.2) is 5.38 Å². The third kappa shape index (κ3) is 4.10. The van der Waals surface area contributed by atoms with Gasteiger partial charge in [0, 0.05) is 5.38 Å². The lowest BCUT2D eigenvalue weighted by molar-refractivity contribution is -0.145. The normalized spacial score (nSPS) is 10.1. The van der Waals surface area contributed by atoms with Crippen molar-refractivity contribution in [3.63, 3.8) is 0 Å². The number of nitrogens with zero attached hydrogens (tertiary/aromatic N) is 1. The van der Waals surface area contributed by atoms with E-state index in [1.807, 2.05) is 12.3 Å². The summed E-state index contributed by atoms with van der Waals surface area (Å²) in [5.74, 6) is -0.607. The minimum Gasteiger partial charge on any atom is -0.466 e. The number of carbonyl (C=O) groups is 2. The molecule has 0 aliphatic heterocycles. The van der Waals surface area contributed by atoms with Crippen LogP contribution in [-0.4, -0.2) is 23.3 Å². The number of carbonyl (C=O) groups excluding carboxylic acids is 2. The van der Waals surface area contributed by atoms with Gasteiger partial charge >= 0.3 is 5.97 Å². The van der Waals surface area contributed by atoms with Crippen LogP contribution in [0.3, 0.4) is 0 Å². The fourth-order valence-electron chi connectivity index (χ4n) is 1.23. The zero-order valence-electron chi connectivity index (χ0n) is 9.49. The molecule has 0 saturated carbocycles. The number of aromatic nitrogens is 1. The molecule has 0 aliphatic rings. The Kier molecular flexibility index (Phi) is 5.11. The Morgan fingerprint density at radius 2 is 2.19 bits per heavy atom. The van der Waals surface area contributed by atoms with E-state index >= 15 is 0 Å². The fourth-order valence-corrected chi connectivity index (χ4v) is 1.97. The Balaban J connectivity index is 2.42. The molecule has 1 heterocycles. The molecule has 0 bridgehead atoms. The molecule has 0 aliphatic carbocycles. The molecule has 5 heteroatoms. The molecule has 0 amide bonds. The highest BCUT2D eigenvalue weighted by Gasteiger charge is 2.12. The van der Waals surface area contributed by atoms with E-state index in [4.69, 9.17) is 4.74 Å². The molecule has 4 nitrogen and oxygen atoms in total. The molecule has 0 fully saturated rings. The summed E-state index contributed by atoms with van der Waals surface area (Å²) in [4.78, 5) is 26.8. The van der Waals surface area contributed by atoms with Gasteiger partial charge in [0.15, 0.2) is 0 Å². The monoisotopic (exact) mass is 241 g/mol. The molecule has 0 N–H and O–H groups in total. The van der Waals surface area contributed by atoms with E-state index in [1.165, 1.54) is 0 Å². The summed E-state index contributed by atoms with van der Waals surface area (Å²) >= 11 is 1.54. The van der Waals surface area contributed by atoms with Gasteiger partial charge in [-0.15, -0.1) is 11.3 Å². The average Bonchev–Trinajstić information content (AvgIpc) is 2.65. The first-order chi connectivity index (χ1) is 7.65. The van der Waals surface area contributed by atoms with Crippen LogP contribution in [-0.2, 0) is 27.2 Å². The number of esters is 1. The molecular formula is C11H15NO3S. The number of Topliss-reactive ketones (excluding diaryl/α,β-unsaturated/α-hetero) is 1. The predicted octanol–water partition coefficient (Wildman–Crippen LogP) is 1.77.